The van der Waals surface area contributed by atoms with Gasteiger partial charge in [-0.2, -0.15) is 10.5 Å². The van der Waals surface area contributed by atoms with Gasteiger partial charge in [0.25, 0.3) is 0 Å². The fourth-order valence-electron chi connectivity index (χ4n) is 6.38. The van der Waals surface area contributed by atoms with Crippen LogP contribution in [0.2, 0.25) is 0 Å². The van der Waals surface area contributed by atoms with Crippen molar-refractivity contribution in [3.8, 4) is 17.9 Å². The van der Waals surface area contributed by atoms with Gasteiger partial charge in [0.05, 0.1) is 31.2 Å². The lowest BCUT2D eigenvalue weighted by Crippen LogP contribution is -2.58. The number of benzene rings is 3. The van der Waals surface area contributed by atoms with Crippen molar-refractivity contribution in [2.24, 2.45) is 5.41 Å². The van der Waals surface area contributed by atoms with Crippen LogP contribution in [0, 0.1) is 28.1 Å². The minimum atomic E-state index is -1.92. The van der Waals surface area contributed by atoms with E-state index in [-0.39, 0.29) is 24.2 Å². The van der Waals surface area contributed by atoms with Crippen molar-refractivity contribution in [3.05, 3.63) is 107 Å². The highest BCUT2D eigenvalue weighted by molar-refractivity contribution is 6.18. The summed E-state index contributed by atoms with van der Waals surface area (Å²) in [5.74, 6) is -0.782. The number of nitrogens with one attached hydrogen (secondary N) is 1. The number of fused-ring (bicyclic) bond motifs is 3. The second-order valence-electron chi connectivity index (χ2n) is 9.76. The number of rotatable bonds is 3. The van der Waals surface area contributed by atoms with E-state index >= 15 is 0 Å². The van der Waals surface area contributed by atoms with E-state index < -0.39 is 28.8 Å². The van der Waals surface area contributed by atoms with Gasteiger partial charge in [-0.25, -0.2) is 0 Å². The predicted octanol–water partition coefficient (Wildman–Crippen LogP) is 5.09. The molecular formula is C31H23N3O4. The molecule has 38 heavy (non-hydrogen) atoms. The van der Waals surface area contributed by atoms with Crippen molar-refractivity contribution in [2.75, 3.05) is 12.4 Å². The molecular weight excluding hydrogens is 478 g/mol. The maximum atomic E-state index is 14.2. The molecule has 7 nitrogen and oxygen atoms in total. The topological polar surface area (TPSA) is 112 Å². The van der Waals surface area contributed by atoms with Gasteiger partial charge in [-0.15, -0.1) is 0 Å². The van der Waals surface area contributed by atoms with Crippen LogP contribution in [0.25, 0.3) is 0 Å². The van der Waals surface area contributed by atoms with Crippen LogP contribution in [0.5, 0.6) is 5.75 Å². The molecule has 1 spiro atoms. The SMILES string of the molecule is COc1ccc2c(c1)NC(=O)C21C2=C(C[C@H](c3ccccc3)C1(C#N)C#N)O[C@H](c1ccccc1)CC2=O. The van der Waals surface area contributed by atoms with Gasteiger partial charge in [0, 0.05) is 24.1 Å². The van der Waals surface area contributed by atoms with Crippen LogP contribution in [-0.2, 0) is 19.7 Å². The number of allylic oxidation sites excluding steroid dienone is 1. The Hall–Kier alpha value is -4.88. The summed E-state index contributed by atoms with van der Waals surface area (Å²) >= 11 is 0. The van der Waals surface area contributed by atoms with E-state index in [9.17, 15) is 20.1 Å². The predicted molar refractivity (Wildman–Crippen MR) is 138 cm³/mol. The zero-order valence-corrected chi connectivity index (χ0v) is 20.6. The van der Waals surface area contributed by atoms with Crippen molar-refractivity contribution in [1.82, 2.24) is 0 Å². The number of ether oxygens (including phenoxy) is 2. The van der Waals surface area contributed by atoms with Crippen molar-refractivity contribution in [2.45, 2.75) is 30.3 Å². The molecule has 0 saturated heterocycles. The maximum Gasteiger partial charge on any atom is 0.242 e. The Morgan fingerprint density at radius 1 is 0.921 bits per heavy atom. The average Bonchev–Trinajstić information content (AvgIpc) is 3.25. The maximum absolute atomic E-state index is 14.2. The van der Waals surface area contributed by atoms with E-state index in [4.69, 9.17) is 9.47 Å². The zero-order valence-electron chi connectivity index (χ0n) is 20.6. The molecule has 2 aliphatic heterocycles. The molecule has 6 rings (SSSR count). The first-order valence-corrected chi connectivity index (χ1v) is 12.4. The monoisotopic (exact) mass is 501 g/mol. The van der Waals surface area contributed by atoms with Gasteiger partial charge in [0.1, 0.15) is 23.0 Å². The molecule has 3 aromatic carbocycles. The van der Waals surface area contributed by atoms with Crippen molar-refractivity contribution in [3.63, 3.8) is 0 Å². The van der Waals surface area contributed by atoms with Gasteiger partial charge in [-0.05, 0) is 22.8 Å². The molecule has 3 aromatic rings. The van der Waals surface area contributed by atoms with Gasteiger partial charge in [0.15, 0.2) is 11.2 Å². The third-order valence-electron chi connectivity index (χ3n) is 8.04. The molecule has 3 aliphatic rings. The molecule has 1 aliphatic carbocycles. The number of hydrogen-bond donors (Lipinski definition) is 1. The molecule has 7 heteroatoms. The number of Topliss-reactive ketones (excluding diaryl/α,β-unsaturated/α-hetero) is 1. The number of hydrogen-bond acceptors (Lipinski definition) is 6. The molecule has 1 N–H and O–H groups in total. The number of amides is 1. The van der Waals surface area contributed by atoms with E-state index in [1.807, 2.05) is 60.7 Å². The summed E-state index contributed by atoms with van der Waals surface area (Å²) in [5.41, 5.74) is -1.34. The highest BCUT2D eigenvalue weighted by Gasteiger charge is 2.72. The molecule has 2 heterocycles. The van der Waals surface area contributed by atoms with E-state index in [2.05, 4.69) is 17.5 Å². The van der Waals surface area contributed by atoms with Gasteiger partial charge in [-0.3, -0.25) is 9.59 Å². The van der Waals surface area contributed by atoms with Crippen LogP contribution in [-0.4, -0.2) is 18.8 Å². The van der Waals surface area contributed by atoms with Crippen LogP contribution < -0.4 is 10.1 Å². The van der Waals surface area contributed by atoms with Crippen molar-refractivity contribution in [1.29, 1.82) is 10.5 Å². The van der Waals surface area contributed by atoms with E-state index in [0.29, 0.717) is 28.3 Å². The van der Waals surface area contributed by atoms with Crippen molar-refractivity contribution >= 4 is 17.4 Å². The van der Waals surface area contributed by atoms with Crippen LogP contribution in [0.1, 0.15) is 41.6 Å². The Labute approximate surface area is 219 Å². The normalized spacial score (nSPS) is 24.9. The first kappa shape index (κ1) is 23.5. The average molecular weight is 502 g/mol. The highest BCUT2D eigenvalue weighted by Crippen LogP contribution is 2.65. The zero-order chi connectivity index (χ0) is 26.5. The smallest absolute Gasteiger partial charge is 0.242 e. The third kappa shape index (κ3) is 2.99. The number of nitriles is 2. The molecule has 3 atom stereocenters. The second kappa shape index (κ2) is 8.61. The molecule has 186 valence electrons. The molecule has 1 unspecified atom stereocenters. The summed E-state index contributed by atoms with van der Waals surface area (Å²) in [5, 5.41) is 24.5. The Kier molecular flexibility index (Phi) is 5.33. The Morgan fingerprint density at radius 2 is 1.58 bits per heavy atom. The number of ketones is 1. The highest BCUT2D eigenvalue weighted by atomic mass is 16.5. The lowest BCUT2D eigenvalue weighted by atomic mass is 9.47. The quantitative estimate of drug-likeness (QED) is 0.535. The van der Waals surface area contributed by atoms with Crippen molar-refractivity contribution < 1.29 is 19.1 Å². The minimum absolute atomic E-state index is 0.00763. The fourth-order valence-corrected chi connectivity index (χ4v) is 6.38. The molecule has 0 fully saturated rings. The molecule has 1 amide bonds. The van der Waals surface area contributed by atoms with Gasteiger partial charge in [-0.1, -0.05) is 66.7 Å². The Bertz CT molecular complexity index is 1570. The summed E-state index contributed by atoms with van der Waals surface area (Å²) in [6.45, 7) is 0. The van der Waals surface area contributed by atoms with E-state index in [1.54, 1.807) is 18.2 Å². The van der Waals surface area contributed by atoms with E-state index in [0.717, 1.165) is 5.56 Å². The van der Waals surface area contributed by atoms with Crippen LogP contribution in [0.3, 0.4) is 0 Å². The standard InChI is InChI=1S/C31H23N3O4/c1-37-21-12-13-22-24(14-21)34-29(36)31(22)28-25(35)16-26(20-10-6-3-7-11-20)38-27(28)15-23(30(31,17-32)18-33)19-8-4-2-5-9-19/h2-14,23,26H,15-16H2,1H3,(H,34,36)/t23-,26+,31?/m1/s1. The lowest BCUT2D eigenvalue weighted by molar-refractivity contribution is -0.129. The van der Waals surface area contributed by atoms with Gasteiger partial charge >= 0.3 is 0 Å². The number of anilines is 1. The third-order valence-corrected chi connectivity index (χ3v) is 8.04. The summed E-state index contributed by atoms with van der Waals surface area (Å²) in [6.07, 6.45) is -0.407. The van der Waals surface area contributed by atoms with E-state index in [1.165, 1.54) is 7.11 Å². The summed E-state index contributed by atoms with van der Waals surface area (Å²) in [4.78, 5) is 28.2. The Morgan fingerprint density at radius 3 is 2.21 bits per heavy atom. The summed E-state index contributed by atoms with van der Waals surface area (Å²) in [6, 6.07) is 28.1. The minimum Gasteiger partial charge on any atom is -0.497 e. The number of methoxy groups -OCH3 is 1. The molecule has 0 radical (unpaired) electrons. The number of carbonyl (C=O) groups excluding carboxylic acids is 2. The summed E-state index contributed by atoms with van der Waals surface area (Å²) < 4.78 is 11.9. The fraction of sp³-hybridized carbons (Fsp3) is 0.226. The lowest BCUT2D eigenvalue weighted by Gasteiger charge is -2.49. The summed E-state index contributed by atoms with van der Waals surface area (Å²) in [7, 11) is 1.51. The number of nitrogens with zero attached hydrogens (tertiary/aromatic N) is 2. The van der Waals surface area contributed by atoms with Gasteiger partial charge < -0.3 is 14.8 Å². The largest absolute Gasteiger partial charge is 0.497 e. The van der Waals surface area contributed by atoms with Crippen LogP contribution >= 0.6 is 0 Å². The first-order chi connectivity index (χ1) is 18.5. The second-order valence-corrected chi connectivity index (χ2v) is 9.76. The first-order valence-electron chi connectivity index (χ1n) is 12.4. The molecule has 0 aromatic heterocycles. The van der Waals surface area contributed by atoms with Gasteiger partial charge in [0.2, 0.25) is 5.91 Å². The van der Waals surface area contributed by atoms with Crippen LogP contribution in [0.4, 0.5) is 5.69 Å². The van der Waals surface area contributed by atoms with Crippen LogP contribution in [0.15, 0.2) is 90.2 Å². The number of carbonyl (C=O) groups is 2. The molecule has 0 saturated carbocycles. The molecule has 0 bridgehead atoms. The Balaban J connectivity index is 1.67.